The molecule has 0 unspecified atom stereocenters. The average Bonchev–Trinajstić information content (AvgIpc) is 2.75. The van der Waals surface area contributed by atoms with Gasteiger partial charge in [0, 0.05) is 6.20 Å². The zero-order valence-corrected chi connectivity index (χ0v) is 10.4. The van der Waals surface area contributed by atoms with E-state index < -0.39 is 15.9 Å². The molecule has 0 fully saturated rings. The van der Waals surface area contributed by atoms with Crippen LogP contribution in [0.4, 0.5) is 5.69 Å². The molecule has 92 valence electrons. The first-order valence-electron chi connectivity index (χ1n) is 5.35. The second kappa shape index (κ2) is 3.46. The largest absolute Gasteiger partial charge is 0.319 e. The second-order valence-electron chi connectivity index (χ2n) is 4.15. The number of aromatic nitrogens is 1. The number of anilines is 1. The van der Waals surface area contributed by atoms with Crippen molar-refractivity contribution in [3.8, 4) is 0 Å². The first-order chi connectivity index (χ1) is 8.50. The quantitative estimate of drug-likeness (QED) is 0.784. The molecule has 1 aromatic carbocycles. The molecule has 0 aliphatic carbocycles. The first kappa shape index (κ1) is 11.0. The van der Waals surface area contributed by atoms with Crippen molar-refractivity contribution >= 4 is 21.6 Å². The van der Waals surface area contributed by atoms with Gasteiger partial charge in [0.15, 0.2) is 0 Å². The maximum atomic E-state index is 12.4. The Morgan fingerprint density at radius 1 is 1.22 bits per heavy atom. The van der Waals surface area contributed by atoms with Crippen molar-refractivity contribution in [3.05, 3.63) is 47.8 Å². The number of hydrogen-bond acceptors (Lipinski definition) is 3. The minimum Gasteiger partial charge on any atom is -0.319 e. The van der Waals surface area contributed by atoms with Crippen LogP contribution in [0.1, 0.15) is 16.1 Å². The van der Waals surface area contributed by atoms with Gasteiger partial charge in [0.2, 0.25) is 0 Å². The highest BCUT2D eigenvalue weighted by molar-refractivity contribution is 7.90. The van der Waals surface area contributed by atoms with Crippen LogP contribution in [-0.2, 0) is 10.0 Å². The zero-order valence-electron chi connectivity index (χ0n) is 9.54. The van der Waals surface area contributed by atoms with Crippen LogP contribution < -0.4 is 5.32 Å². The Hall–Kier alpha value is -2.08. The van der Waals surface area contributed by atoms with Crippen LogP contribution >= 0.6 is 0 Å². The molecule has 0 saturated carbocycles. The van der Waals surface area contributed by atoms with Crippen molar-refractivity contribution in [1.29, 1.82) is 0 Å². The Morgan fingerprint density at radius 2 is 2.00 bits per heavy atom. The fraction of sp³-hybridized carbons (Fsp3) is 0.0833. The first-order valence-corrected chi connectivity index (χ1v) is 6.79. The molecule has 0 spiro atoms. The maximum absolute atomic E-state index is 12.4. The lowest BCUT2D eigenvalue weighted by Crippen LogP contribution is -2.16. The number of carbonyl (C=O) groups is 1. The number of amides is 1. The van der Waals surface area contributed by atoms with Gasteiger partial charge in [-0.3, -0.25) is 4.79 Å². The van der Waals surface area contributed by atoms with Crippen molar-refractivity contribution in [3.63, 3.8) is 0 Å². The highest BCUT2D eigenvalue weighted by Gasteiger charge is 2.29. The monoisotopic (exact) mass is 262 g/mol. The smallest absolute Gasteiger partial charge is 0.273 e. The van der Waals surface area contributed by atoms with E-state index in [0.717, 1.165) is 9.54 Å². The van der Waals surface area contributed by atoms with Crippen LogP contribution in [-0.4, -0.2) is 18.3 Å². The van der Waals surface area contributed by atoms with Crippen molar-refractivity contribution in [2.24, 2.45) is 0 Å². The number of nitrogens with one attached hydrogen (secondary N) is 1. The predicted molar refractivity (Wildman–Crippen MR) is 66.1 cm³/mol. The van der Waals surface area contributed by atoms with Gasteiger partial charge in [-0.15, -0.1) is 0 Å². The zero-order chi connectivity index (χ0) is 12.9. The molecule has 2 heterocycles. The van der Waals surface area contributed by atoms with E-state index in [-0.39, 0.29) is 10.6 Å². The molecule has 0 bridgehead atoms. The van der Waals surface area contributed by atoms with Crippen LogP contribution in [0.15, 0.2) is 41.4 Å². The third-order valence-corrected chi connectivity index (χ3v) is 4.61. The Labute approximate surface area is 104 Å². The Bertz CT molecular complexity index is 759. The Balaban J connectivity index is 2.39. The fourth-order valence-corrected chi connectivity index (χ4v) is 3.48. The van der Waals surface area contributed by atoms with Gasteiger partial charge < -0.3 is 5.32 Å². The molecule has 6 heteroatoms. The predicted octanol–water partition coefficient (Wildman–Crippen LogP) is 1.60. The molecular formula is C12H10N2O3S. The number of hydrogen-bond donors (Lipinski definition) is 1. The fourth-order valence-electron chi connectivity index (χ4n) is 2.01. The summed E-state index contributed by atoms with van der Waals surface area (Å²) < 4.78 is 25.8. The molecule has 0 atom stereocenters. The van der Waals surface area contributed by atoms with Gasteiger partial charge in [0.25, 0.3) is 15.9 Å². The van der Waals surface area contributed by atoms with Gasteiger partial charge in [-0.2, -0.15) is 0 Å². The van der Waals surface area contributed by atoms with Crippen LogP contribution in [0.25, 0.3) is 0 Å². The van der Waals surface area contributed by atoms with Crippen LogP contribution in [0, 0.1) is 6.92 Å². The number of carbonyl (C=O) groups excluding carboxylic acids is 1. The highest BCUT2D eigenvalue weighted by Crippen LogP contribution is 2.29. The molecule has 3 rings (SSSR count). The van der Waals surface area contributed by atoms with E-state index in [0.29, 0.717) is 5.69 Å². The van der Waals surface area contributed by atoms with E-state index in [1.54, 1.807) is 12.1 Å². The SMILES string of the molecule is Cc1ccc2c(c1)NC(=O)c1cccn1S2(=O)=O. The topological polar surface area (TPSA) is 68.2 Å². The summed E-state index contributed by atoms with van der Waals surface area (Å²) in [4.78, 5) is 12.0. The van der Waals surface area contributed by atoms with Crippen LogP contribution in [0.2, 0.25) is 0 Å². The summed E-state index contributed by atoms with van der Waals surface area (Å²) >= 11 is 0. The summed E-state index contributed by atoms with van der Waals surface area (Å²) in [7, 11) is -3.71. The molecule has 1 aromatic heterocycles. The van der Waals surface area contributed by atoms with E-state index in [9.17, 15) is 13.2 Å². The average molecular weight is 262 g/mol. The van der Waals surface area contributed by atoms with Crippen molar-refractivity contribution in [2.45, 2.75) is 11.8 Å². The standard InChI is InChI=1S/C12H10N2O3S/c1-8-4-5-11-9(7-8)13-12(15)10-3-2-6-14(10)18(11,16)17/h2-7H,1H3,(H,13,15). The lowest BCUT2D eigenvalue weighted by molar-refractivity contribution is 0.102. The number of benzene rings is 1. The maximum Gasteiger partial charge on any atom is 0.273 e. The molecule has 18 heavy (non-hydrogen) atoms. The minimum atomic E-state index is -3.71. The summed E-state index contributed by atoms with van der Waals surface area (Å²) in [6, 6.07) is 7.88. The molecule has 1 aliphatic heterocycles. The third-order valence-electron chi connectivity index (χ3n) is 2.87. The normalized spacial score (nSPS) is 16.4. The molecule has 1 amide bonds. The molecule has 1 N–H and O–H groups in total. The molecule has 1 aliphatic rings. The van der Waals surface area contributed by atoms with E-state index in [4.69, 9.17) is 0 Å². The van der Waals surface area contributed by atoms with Gasteiger partial charge in [0.1, 0.15) is 10.6 Å². The molecule has 0 radical (unpaired) electrons. The van der Waals surface area contributed by atoms with E-state index >= 15 is 0 Å². The van der Waals surface area contributed by atoms with E-state index in [2.05, 4.69) is 5.32 Å². The minimum absolute atomic E-state index is 0.108. The number of rotatable bonds is 0. The second-order valence-corrected chi connectivity index (χ2v) is 5.93. The van der Waals surface area contributed by atoms with Gasteiger partial charge in [-0.1, -0.05) is 6.07 Å². The van der Waals surface area contributed by atoms with Gasteiger partial charge >= 0.3 is 0 Å². The molecule has 5 nitrogen and oxygen atoms in total. The molecular weight excluding hydrogens is 252 g/mol. The molecule has 2 aromatic rings. The lowest BCUT2D eigenvalue weighted by Gasteiger charge is -2.08. The highest BCUT2D eigenvalue weighted by atomic mass is 32.2. The van der Waals surface area contributed by atoms with Gasteiger partial charge in [-0.25, -0.2) is 12.4 Å². The number of fused-ring (bicyclic) bond motifs is 2. The van der Waals surface area contributed by atoms with Gasteiger partial charge in [-0.05, 0) is 36.8 Å². The van der Waals surface area contributed by atoms with E-state index in [1.165, 1.54) is 24.4 Å². The summed E-state index contributed by atoms with van der Waals surface area (Å²) in [6.45, 7) is 1.84. The Morgan fingerprint density at radius 3 is 2.78 bits per heavy atom. The summed E-state index contributed by atoms with van der Waals surface area (Å²) in [5.74, 6) is -0.423. The van der Waals surface area contributed by atoms with Gasteiger partial charge in [0.05, 0.1) is 5.69 Å². The number of nitrogens with zero attached hydrogens (tertiary/aromatic N) is 1. The number of aryl methyl sites for hydroxylation is 1. The van der Waals surface area contributed by atoms with Crippen molar-refractivity contribution < 1.29 is 13.2 Å². The summed E-state index contributed by atoms with van der Waals surface area (Å²) in [5.41, 5.74) is 1.32. The van der Waals surface area contributed by atoms with Crippen LogP contribution in [0.3, 0.4) is 0 Å². The third kappa shape index (κ3) is 1.39. The summed E-state index contributed by atoms with van der Waals surface area (Å²) in [6.07, 6.45) is 1.37. The van der Waals surface area contributed by atoms with Crippen LogP contribution in [0.5, 0.6) is 0 Å². The molecule has 0 saturated heterocycles. The summed E-state index contributed by atoms with van der Waals surface area (Å²) in [5, 5.41) is 2.62. The van der Waals surface area contributed by atoms with E-state index in [1.807, 2.05) is 6.92 Å². The Kier molecular flexibility index (Phi) is 2.12. The van der Waals surface area contributed by atoms with Crippen molar-refractivity contribution in [1.82, 2.24) is 3.97 Å². The lowest BCUT2D eigenvalue weighted by atomic mass is 10.2. The van der Waals surface area contributed by atoms with Crippen molar-refractivity contribution in [2.75, 3.05) is 5.32 Å².